The van der Waals surface area contributed by atoms with Crippen molar-refractivity contribution in [3.05, 3.63) is 29.8 Å². The smallest absolute Gasteiger partial charge is 0.248 e. The van der Waals surface area contributed by atoms with E-state index in [-0.39, 0.29) is 5.91 Å². The van der Waals surface area contributed by atoms with E-state index in [1.54, 1.807) is 24.3 Å². The Morgan fingerprint density at radius 1 is 0.690 bits per heavy atom. The Balaban J connectivity index is 1.88. The Kier molecular flexibility index (Phi) is 14.8. The van der Waals surface area contributed by atoms with Crippen LogP contribution in [0.3, 0.4) is 0 Å². The Morgan fingerprint density at radius 2 is 1.10 bits per heavy atom. The van der Waals surface area contributed by atoms with Crippen LogP contribution in [0.4, 0.5) is 5.69 Å². The number of primary amides is 1. The predicted octanol–water partition coefficient (Wildman–Crippen LogP) is 6.99. The van der Waals surface area contributed by atoms with E-state index in [0.29, 0.717) is 17.7 Å². The van der Waals surface area contributed by atoms with Crippen LogP contribution in [0.5, 0.6) is 0 Å². The van der Waals surface area contributed by atoms with Gasteiger partial charge in [-0.3, -0.25) is 9.59 Å². The average Bonchev–Trinajstić information content (AvgIpc) is 2.71. The highest BCUT2D eigenvalue weighted by Crippen LogP contribution is 2.14. The first-order valence-corrected chi connectivity index (χ1v) is 11.8. The van der Waals surface area contributed by atoms with Gasteiger partial charge in [-0.1, -0.05) is 96.8 Å². The Labute approximate surface area is 178 Å². The average molecular weight is 403 g/mol. The van der Waals surface area contributed by atoms with Gasteiger partial charge in [0.25, 0.3) is 0 Å². The van der Waals surface area contributed by atoms with E-state index in [4.69, 9.17) is 5.73 Å². The molecule has 0 aliphatic carbocycles. The maximum atomic E-state index is 12.0. The van der Waals surface area contributed by atoms with E-state index in [9.17, 15) is 9.59 Å². The SMILES string of the molecule is CCCCCCCCCCCCCCCCCC(=O)Nc1ccc(C(N)=O)cc1. The maximum absolute atomic E-state index is 12.0. The van der Waals surface area contributed by atoms with E-state index < -0.39 is 5.91 Å². The van der Waals surface area contributed by atoms with Gasteiger partial charge in [-0.05, 0) is 30.7 Å². The summed E-state index contributed by atoms with van der Waals surface area (Å²) < 4.78 is 0. The highest BCUT2D eigenvalue weighted by atomic mass is 16.1. The van der Waals surface area contributed by atoms with Gasteiger partial charge >= 0.3 is 0 Å². The fourth-order valence-electron chi connectivity index (χ4n) is 3.60. The largest absolute Gasteiger partial charge is 0.366 e. The van der Waals surface area contributed by atoms with Gasteiger partial charge in [0, 0.05) is 17.7 Å². The van der Waals surface area contributed by atoms with Crippen LogP contribution < -0.4 is 11.1 Å². The van der Waals surface area contributed by atoms with Gasteiger partial charge < -0.3 is 11.1 Å². The molecule has 164 valence electrons. The molecule has 1 rings (SSSR count). The molecule has 0 aliphatic rings. The number of carbonyl (C=O) groups excluding carboxylic acids is 2. The van der Waals surface area contributed by atoms with Crippen molar-refractivity contribution in [3.63, 3.8) is 0 Å². The second-order valence-corrected chi connectivity index (χ2v) is 8.19. The molecule has 29 heavy (non-hydrogen) atoms. The number of unbranched alkanes of at least 4 members (excludes halogenated alkanes) is 14. The topological polar surface area (TPSA) is 72.2 Å². The van der Waals surface area contributed by atoms with Crippen molar-refractivity contribution in [1.29, 1.82) is 0 Å². The third kappa shape index (κ3) is 13.9. The van der Waals surface area contributed by atoms with Gasteiger partial charge in [-0.25, -0.2) is 0 Å². The minimum atomic E-state index is -0.458. The summed E-state index contributed by atoms with van der Waals surface area (Å²) in [7, 11) is 0. The highest BCUT2D eigenvalue weighted by molar-refractivity contribution is 5.94. The maximum Gasteiger partial charge on any atom is 0.248 e. The highest BCUT2D eigenvalue weighted by Gasteiger charge is 2.04. The predicted molar refractivity (Wildman–Crippen MR) is 123 cm³/mol. The first-order valence-electron chi connectivity index (χ1n) is 11.8. The fraction of sp³-hybridized carbons (Fsp3) is 0.680. The molecule has 4 heteroatoms. The third-order valence-corrected chi connectivity index (χ3v) is 5.46. The van der Waals surface area contributed by atoms with Crippen LogP contribution in [0.1, 0.15) is 120 Å². The molecule has 0 aliphatic heterocycles. The molecule has 0 atom stereocenters. The molecule has 0 spiro atoms. The molecule has 4 nitrogen and oxygen atoms in total. The number of hydrogen-bond acceptors (Lipinski definition) is 2. The summed E-state index contributed by atoms with van der Waals surface area (Å²) in [5.74, 6) is -0.424. The van der Waals surface area contributed by atoms with Crippen molar-refractivity contribution in [2.24, 2.45) is 5.73 Å². The fourth-order valence-corrected chi connectivity index (χ4v) is 3.60. The number of rotatable bonds is 18. The van der Waals surface area contributed by atoms with E-state index in [1.165, 1.54) is 83.5 Å². The lowest BCUT2D eigenvalue weighted by atomic mass is 10.0. The van der Waals surface area contributed by atoms with Gasteiger partial charge in [-0.15, -0.1) is 0 Å². The molecule has 1 aromatic rings. The molecule has 0 bridgehead atoms. The van der Waals surface area contributed by atoms with Crippen molar-refractivity contribution >= 4 is 17.5 Å². The number of nitrogens with one attached hydrogen (secondary N) is 1. The second kappa shape index (κ2) is 17.1. The van der Waals surface area contributed by atoms with Gasteiger partial charge in [-0.2, -0.15) is 0 Å². The lowest BCUT2D eigenvalue weighted by Gasteiger charge is -2.06. The van der Waals surface area contributed by atoms with Crippen molar-refractivity contribution in [2.45, 2.75) is 110 Å². The molecule has 0 aromatic heterocycles. The standard InChI is InChI=1S/C25H42N2O2/c1-2-3-4-5-6-7-8-9-10-11-12-13-14-15-16-17-24(28)27-23-20-18-22(19-21-23)25(26)29/h18-21H,2-17H2,1H3,(H2,26,29)(H,27,28). The molecule has 0 radical (unpaired) electrons. The lowest BCUT2D eigenvalue weighted by Crippen LogP contribution is -2.13. The van der Waals surface area contributed by atoms with E-state index >= 15 is 0 Å². The van der Waals surface area contributed by atoms with Crippen LogP contribution in [0, 0.1) is 0 Å². The van der Waals surface area contributed by atoms with Crippen molar-refractivity contribution < 1.29 is 9.59 Å². The Hall–Kier alpha value is -1.84. The molecule has 0 heterocycles. The van der Waals surface area contributed by atoms with E-state index in [1.807, 2.05) is 0 Å². The molecular weight excluding hydrogens is 360 g/mol. The number of carbonyl (C=O) groups is 2. The van der Waals surface area contributed by atoms with Crippen LogP contribution in [-0.4, -0.2) is 11.8 Å². The lowest BCUT2D eigenvalue weighted by molar-refractivity contribution is -0.116. The normalized spacial score (nSPS) is 10.8. The van der Waals surface area contributed by atoms with Crippen molar-refractivity contribution in [2.75, 3.05) is 5.32 Å². The number of anilines is 1. The summed E-state index contributed by atoms with van der Waals surface area (Å²) in [4.78, 5) is 23.0. The zero-order valence-electron chi connectivity index (χ0n) is 18.5. The number of benzene rings is 1. The summed E-state index contributed by atoms with van der Waals surface area (Å²) in [6.45, 7) is 2.27. The van der Waals surface area contributed by atoms with Crippen LogP contribution in [0.25, 0.3) is 0 Å². The van der Waals surface area contributed by atoms with Gasteiger partial charge in [0.15, 0.2) is 0 Å². The zero-order chi connectivity index (χ0) is 21.2. The first kappa shape index (κ1) is 25.2. The summed E-state index contributed by atoms with van der Waals surface area (Å²) in [6.07, 6.45) is 20.4. The van der Waals surface area contributed by atoms with Crippen molar-refractivity contribution in [1.82, 2.24) is 0 Å². The monoisotopic (exact) mass is 402 g/mol. The number of amides is 2. The molecule has 0 saturated heterocycles. The Morgan fingerprint density at radius 3 is 1.52 bits per heavy atom. The van der Waals surface area contributed by atoms with Crippen LogP contribution in [0.2, 0.25) is 0 Å². The second-order valence-electron chi connectivity index (χ2n) is 8.19. The van der Waals surface area contributed by atoms with Gasteiger partial charge in [0.1, 0.15) is 0 Å². The summed E-state index contributed by atoms with van der Waals surface area (Å²) in [6, 6.07) is 6.69. The van der Waals surface area contributed by atoms with Crippen molar-refractivity contribution in [3.8, 4) is 0 Å². The quantitative estimate of drug-likeness (QED) is 0.260. The first-order chi connectivity index (χ1) is 14.1. The molecule has 2 amide bonds. The zero-order valence-corrected chi connectivity index (χ0v) is 18.5. The minimum Gasteiger partial charge on any atom is -0.366 e. The van der Waals surface area contributed by atoms with E-state index in [2.05, 4.69) is 12.2 Å². The van der Waals surface area contributed by atoms with Gasteiger partial charge in [0.2, 0.25) is 11.8 Å². The molecule has 1 aromatic carbocycles. The van der Waals surface area contributed by atoms with Crippen LogP contribution in [0.15, 0.2) is 24.3 Å². The summed E-state index contributed by atoms with van der Waals surface area (Å²) in [5, 5.41) is 2.87. The van der Waals surface area contributed by atoms with Gasteiger partial charge in [0.05, 0.1) is 0 Å². The molecule has 0 saturated carbocycles. The molecule has 0 unspecified atom stereocenters. The Bertz CT molecular complexity index is 554. The minimum absolute atomic E-state index is 0.0338. The summed E-state index contributed by atoms with van der Waals surface area (Å²) in [5.41, 5.74) is 6.37. The van der Waals surface area contributed by atoms with Crippen LogP contribution in [-0.2, 0) is 4.79 Å². The third-order valence-electron chi connectivity index (χ3n) is 5.46. The molecule has 0 fully saturated rings. The van der Waals surface area contributed by atoms with E-state index in [0.717, 1.165) is 12.8 Å². The number of hydrogen-bond donors (Lipinski definition) is 2. The molecule has 3 N–H and O–H groups in total. The number of nitrogens with two attached hydrogens (primary N) is 1. The van der Waals surface area contributed by atoms with Crippen LogP contribution >= 0.6 is 0 Å². The summed E-state index contributed by atoms with van der Waals surface area (Å²) >= 11 is 0. The molecular formula is C25H42N2O2.